The highest BCUT2D eigenvalue weighted by Crippen LogP contribution is 2.47. The van der Waals surface area contributed by atoms with Crippen LogP contribution in [0.2, 0.25) is 0 Å². The molecule has 2 heterocycles. The predicted molar refractivity (Wildman–Crippen MR) is 87.5 cm³/mol. The Hall–Kier alpha value is -0.610. The molecule has 1 spiro atoms. The van der Waals surface area contributed by atoms with Crippen molar-refractivity contribution in [3.8, 4) is 0 Å². The number of amides is 1. The number of carbonyl (C=O) groups excluding carboxylic acids is 1. The van der Waals surface area contributed by atoms with E-state index in [9.17, 15) is 9.90 Å². The maximum atomic E-state index is 12.5. The molecule has 3 fully saturated rings. The van der Waals surface area contributed by atoms with Gasteiger partial charge in [0.15, 0.2) is 0 Å². The molecular weight excluding hydrogens is 276 g/mol. The molecule has 1 saturated carbocycles. The van der Waals surface area contributed by atoms with E-state index in [1.807, 2.05) is 25.7 Å². The summed E-state index contributed by atoms with van der Waals surface area (Å²) in [4.78, 5) is 17.1. The fourth-order valence-electron chi connectivity index (χ4n) is 4.55. The number of piperidine rings is 1. The van der Waals surface area contributed by atoms with Crippen LogP contribution >= 0.6 is 0 Å². The average Bonchev–Trinajstić information content (AvgIpc) is 2.74. The van der Waals surface area contributed by atoms with E-state index < -0.39 is 0 Å². The average molecular weight is 308 g/mol. The second kappa shape index (κ2) is 5.79. The van der Waals surface area contributed by atoms with E-state index in [-0.39, 0.29) is 16.7 Å². The van der Waals surface area contributed by atoms with E-state index in [2.05, 4.69) is 4.90 Å². The molecule has 126 valence electrons. The van der Waals surface area contributed by atoms with Gasteiger partial charge in [-0.15, -0.1) is 0 Å². The van der Waals surface area contributed by atoms with Crippen LogP contribution in [0.1, 0.15) is 52.9 Å². The standard InChI is InChI=1S/C18H32N2O2/c1-17(2,3)16(22)19-9-7-18(8-10-19)13-20(11-14(18)12-21)15-5-4-6-15/h14-15,21H,4-13H2,1-3H3. The summed E-state index contributed by atoms with van der Waals surface area (Å²) in [6.07, 6.45) is 6.16. The fraction of sp³-hybridized carbons (Fsp3) is 0.944. The maximum Gasteiger partial charge on any atom is 0.227 e. The van der Waals surface area contributed by atoms with Crippen molar-refractivity contribution in [2.45, 2.75) is 58.9 Å². The van der Waals surface area contributed by atoms with Crippen LogP contribution < -0.4 is 0 Å². The van der Waals surface area contributed by atoms with Crippen molar-refractivity contribution in [2.24, 2.45) is 16.7 Å². The smallest absolute Gasteiger partial charge is 0.227 e. The van der Waals surface area contributed by atoms with E-state index >= 15 is 0 Å². The first-order valence-corrected chi connectivity index (χ1v) is 9.00. The fourth-order valence-corrected chi connectivity index (χ4v) is 4.55. The van der Waals surface area contributed by atoms with Crippen molar-refractivity contribution in [3.63, 3.8) is 0 Å². The molecule has 0 aromatic heterocycles. The molecule has 1 aliphatic carbocycles. The van der Waals surface area contributed by atoms with Gasteiger partial charge < -0.3 is 10.0 Å². The summed E-state index contributed by atoms with van der Waals surface area (Å²) in [7, 11) is 0. The Morgan fingerprint density at radius 3 is 2.32 bits per heavy atom. The SMILES string of the molecule is CC(C)(C)C(=O)N1CCC2(CC1)CN(C1CCC1)CC2CO. The highest BCUT2D eigenvalue weighted by atomic mass is 16.3. The van der Waals surface area contributed by atoms with Crippen LogP contribution in [0.5, 0.6) is 0 Å². The monoisotopic (exact) mass is 308 g/mol. The Bertz CT molecular complexity index is 417. The molecule has 4 nitrogen and oxygen atoms in total. The molecule has 1 amide bonds. The lowest BCUT2D eigenvalue weighted by Gasteiger charge is -2.44. The molecule has 3 rings (SSSR count). The van der Waals surface area contributed by atoms with Crippen LogP contribution in [0.4, 0.5) is 0 Å². The number of hydrogen-bond acceptors (Lipinski definition) is 3. The lowest BCUT2D eigenvalue weighted by atomic mass is 9.71. The van der Waals surface area contributed by atoms with Crippen LogP contribution in [-0.4, -0.2) is 59.6 Å². The number of likely N-dealkylation sites (tertiary alicyclic amines) is 2. The van der Waals surface area contributed by atoms with Gasteiger partial charge in [0.1, 0.15) is 0 Å². The second-order valence-electron chi connectivity index (χ2n) is 8.80. The van der Waals surface area contributed by atoms with Crippen LogP contribution in [0.25, 0.3) is 0 Å². The quantitative estimate of drug-likeness (QED) is 0.850. The molecule has 2 aliphatic heterocycles. The predicted octanol–water partition coefficient (Wildman–Crippen LogP) is 2.12. The minimum Gasteiger partial charge on any atom is -0.396 e. The van der Waals surface area contributed by atoms with Crippen molar-refractivity contribution >= 4 is 5.91 Å². The summed E-state index contributed by atoms with van der Waals surface area (Å²) < 4.78 is 0. The van der Waals surface area contributed by atoms with Crippen molar-refractivity contribution in [1.29, 1.82) is 0 Å². The van der Waals surface area contributed by atoms with E-state index in [0.717, 1.165) is 45.1 Å². The van der Waals surface area contributed by atoms with E-state index in [1.54, 1.807) is 0 Å². The van der Waals surface area contributed by atoms with E-state index in [1.165, 1.54) is 19.3 Å². The number of aliphatic hydroxyl groups excluding tert-OH is 1. The summed E-state index contributed by atoms with van der Waals surface area (Å²) >= 11 is 0. The van der Waals surface area contributed by atoms with Crippen LogP contribution in [0.3, 0.4) is 0 Å². The summed E-state index contributed by atoms with van der Waals surface area (Å²) in [6, 6.07) is 0.766. The summed E-state index contributed by atoms with van der Waals surface area (Å²) in [5.74, 6) is 0.678. The Morgan fingerprint density at radius 1 is 1.23 bits per heavy atom. The largest absolute Gasteiger partial charge is 0.396 e. The molecule has 1 unspecified atom stereocenters. The van der Waals surface area contributed by atoms with Crippen LogP contribution in [0, 0.1) is 16.7 Å². The zero-order chi connectivity index (χ0) is 16.0. The molecule has 0 aromatic carbocycles. The number of carbonyl (C=O) groups is 1. The first-order valence-electron chi connectivity index (χ1n) is 9.00. The molecule has 4 heteroatoms. The second-order valence-corrected chi connectivity index (χ2v) is 8.80. The van der Waals surface area contributed by atoms with Gasteiger partial charge in [0.05, 0.1) is 0 Å². The van der Waals surface area contributed by atoms with Crippen molar-refractivity contribution < 1.29 is 9.90 Å². The molecule has 3 aliphatic rings. The van der Waals surface area contributed by atoms with Crippen LogP contribution in [-0.2, 0) is 4.79 Å². The molecule has 22 heavy (non-hydrogen) atoms. The first kappa shape index (κ1) is 16.3. The highest BCUT2D eigenvalue weighted by molar-refractivity contribution is 5.81. The van der Waals surface area contributed by atoms with Gasteiger partial charge in [-0.2, -0.15) is 0 Å². The third-order valence-corrected chi connectivity index (χ3v) is 6.34. The zero-order valence-corrected chi connectivity index (χ0v) is 14.5. The van der Waals surface area contributed by atoms with Crippen molar-refractivity contribution in [3.05, 3.63) is 0 Å². The number of hydrogen-bond donors (Lipinski definition) is 1. The number of nitrogens with zero attached hydrogens (tertiary/aromatic N) is 2. The van der Waals surface area contributed by atoms with Crippen molar-refractivity contribution in [2.75, 3.05) is 32.8 Å². The number of aliphatic hydroxyl groups is 1. The van der Waals surface area contributed by atoms with E-state index in [0.29, 0.717) is 12.5 Å². The minimum absolute atomic E-state index is 0.249. The third-order valence-electron chi connectivity index (χ3n) is 6.34. The summed E-state index contributed by atoms with van der Waals surface area (Å²) in [5.41, 5.74) is -0.0342. The number of rotatable bonds is 2. The van der Waals surface area contributed by atoms with Gasteiger partial charge in [0, 0.05) is 50.2 Å². The minimum atomic E-state index is -0.283. The van der Waals surface area contributed by atoms with Gasteiger partial charge in [0.2, 0.25) is 5.91 Å². The van der Waals surface area contributed by atoms with E-state index in [4.69, 9.17) is 0 Å². The first-order chi connectivity index (χ1) is 10.4. The topological polar surface area (TPSA) is 43.8 Å². The normalized spacial score (nSPS) is 29.8. The molecule has 0 aromatic rings. The van der Waals surface area contributed by atoms with Crippen LogP contribution in [0.15, 0.2) is 0 Å². The van der Waals surface area contributed by atoms with Crippen molar-refractivity contribution in [1.82, 2.24) is 9.80 Å². The Kier molecular flexibility index (Phi) is 4.28. The summed E-state index contributed by atoms with van der Waals surface area (Å²) in [5, 5.41) is 9.87. The highest BCUT2D eigenvalue weighted by Gasteiger charge is 2.50. The maximum absolute atomic E-state index is 12.5. The molecule has 1 N–H and O–H groups in total. The van der Waals surface area contributed by atoms with Gasteiger partial charge in [-0.05, 0) is 31.1 Å². The lowest BCUT2D eigenvalue weighted by Crippen LogP contribution is -2.50. The summed E-state index contributed by atoms with van der Waals surface area (Å²) in [6.45, 7) is 10.2. The molecule has 0 bridgehead atoms. The molecular formula is C18H32N2O2. The van der Waals surface area contributed by atoms with Gasteiger partial charge in [-0.1, -0.05) is 27.2 Å². The Labute approximate surface area is 134 Å². The third kappa shape index (κ3) is 2.80. The van der Waals surface area contributed by atoms with Gasteiger partial charge >= 0.3 is 0 Å². The molecule has 2 saturated heterocycles. The molecule has 0 radical (unpaired) electrons. The van der Waals surface area contributed by atoms with Gasteiger partial charge in [0.25, 0.3) is 0 Å². The Morgan fingerprint density at radius 2 is 1.86 bits per heavy atom. The Balaban J connectivity index is 1.64. The van der Waals surface area contributed by atoms with Gasteiger partial charge in [-0.3, -0.25) is 9.69 Å². The van der Waals surface area contributed by atoms with Gasteiger partial charge in [-0.25, -0.2) is 0 Å². The zero-order valence-electron chi connectivity index (χ0n) is 14.5. The lowest BCUT2D eigenvalue weighted by molar-refractivity contribution is -0.142. The molecule has 1 atom stereocenters.